The summed E-state index contributed by atoms with van der Waals surface area (Å²) < 4.78 is 0.773. The molecule has 0 atom stereocenters. The number of hydrogen-bond acceptors (Lipinski definition) is 5. The second-order valence-electron chi connectivity index (χ2n) is 6.36. The maximum absolute atomic E-state index is 12.8. The number of halogens is 1. The van der Waals surface area contributed by atoms with Crippen LogP contribution in [0.25, 0.3) is 10.4 Å². The molecule has 6 heteroatoms. The predicted molar refractivity (Wildman–Crippen MR) is 106 cm³/mol. The number of piperidine rings is 1. The van der Waals surface area contributed by atoms with E-state index in [-0.39, 0.29) is 11.7 Å². The second-order valence-corrected chi connectivity index (χ2v) is 8.07. The van der Waals surface area contributed by atoms with Crippen LogP contribution in [0.1, 0.15) is 23.2 Å². The smallest absolute Gasteiger partial charge is 0.225 e. The van der Waals surface area contributed by atoms with Crippen molar-refractivity contribution in [1.29, 1.82) is 0 Å². The van der Waals surface area contributed by atoms with Gasteiger partial charge in [0.15, 0.2) is 5.78 Å². The van der Waals surface area contributed by atoms with Crippen LogP contribution in [0.4, 0.5) is 5.95 Å². The molecule has 0 aliphatic carbocycles. The van der Waals surface area contributed by atoms with E-state index >= 15 is 0 Å². The molecule has 132 valence electrons. The van der Waals surface area contributed by atoms with Gasteiger partial charge in [-0.15, -0.1) is 11.3 Å². The van der Waals surface area contributed by atoms with Gasteiger partial charge in [0.1, 0.15) is 0 Å². The van der Waals surface area contributed by atoms with E-state index in [9.17, 15) is 4.79 Å². The van der Waals surface area contributed by atoms with E-state index in [2.05, 4.69) is 14.9 Å². The molecule has 1 aromatic carbocycles. The number of thiophene rings is 1. The van der Waals surface area contributed by atoms with Crippen LogP contribution in [0.3, 0.4) is 0 Å². The maximum Gasteiger partial charge on any atom is 0.225 e. The summed E-state index contributed by atoms with van der Waals surface area (Å²) in [7, 11) is 0. The zero-order valence-corrected chi connectivity index (χ0v) is 15.7. The highest BCUT2D eigenvalue weighted by atomic mass is 35.5. The lowest BCUT2D eigenvalue weighted by Crippen LogP contribution is -2.37. The Morgan fingerprint density at radius 1 is 1.04 bits per heavy atom. The Labute approximate surface area is 161 Å². The first-order valence-electron chi connectivity index (χ1n) is 8.62. The van der Waals surface area contributed by atoms with Crippen LogP contribution in [0.5, 0.6) is 0 Å². The van der Waals surface area contributed by atoms with Crippen molar-refractivity contribution >= 4 is 34.7 Å². The summed E-state index contributed by atoms with van der Waals surface area (Å²) >= 11 is 7.55. The number of hydrogen-bond donors (Lipinski definition) is 0. The maximum atomic E-state index is 12.8. The fourth-order valence-electron chi connectivity index (χ4n) is 3.30. The first-order chi connectivity index (χ1) is 12.7. The van der Waals surface area contributed by atoms with Gasteiger partial charge in [0.2, 0.25) is 5.95 Å². The molecule has 0 amide bonds. The summed E-state index contributed by atoms with van der Waals surface area (Å²) in [4.78, 5) is 24.7. The molecule has 0 unspecified atom stereocenters. The SMILES string of the molecule is O=C(c1ccc(-c2ccc(Cl)s2)cc1)C1CCN(c2ncccn2)CC1. The Kier molecular flexibility index (Phi) is 5.00. The summed E-state index contributed by atoms with van der Waals surface area (Å²) in [6.45, 7) is 1.62. The molecule has 0 saturated carbocycles. The van der Waals surface area contributed by atoms with E-state index < -0.39 is 0 Å². The van der Waals surface area contributed by atoms with Crippen LogP contribution in [0.2, 0.25) is 4.34 Å². The van der Waals surface area contributed by atoms with Gasteiger partial charge in [-0.3, -0.25) is 4.79 Å². The molecule has 26 heavy (non-hydrogen) atoms. The number of Topliss-reactive ketones (excluding diaryl/α,β-unsaturated/α-hetero) is 1. The summed E-state index contributed by atoms with van der Waals surface area (Å²) in [5.74, 6) is 1.05. The van der Waals surface area contributed by atoms with E-state index in [0.717, 1.165) is 52.2 Å². The third kappa shape index (κ3) is 3.64. The summed E-state index contributed by atoms with van der Waals surface area (Å²) in [5.41, 5.74) is 1.88. The van der Waals surface area contributed by atoms with Gasteiger partial charge in [-0.05, 0) is 36.6 Å². The number of anilines is 1. The standard InChI is InChI=1S/C20H18ClN3OS/c21-18-7-6-17(26-18)14-2-4-15(5-3-14)19(25)16-8-12-24(13-9-16)20-22-10-1-11-23-20/h1-7,10-11,16H,8-9,12-13H2. The highest BCUT2D eigenvalue weighted by molar-refractivity contribution is 7.19. The van der Waals surface area contributed by atoms with Crippen LogP contribution >= 0.6 is 22.9 Å². The molecule has 4 nitrogen and oxygen atoms in total. The van der Waals surface area contributed by atoms with Crippen molar-refractivity contribution in [2.45, 2.75) is 12.8 Å². The van der Waals surface area contributed by atoms with Gasteiger partial charge in [-0.1, -0.05) is 35.9 Å². The van der Waals surface area contributed by atoms with Crippen molar-refractivity contribution < 1.29 is 4.79 Å². The molecule has 3 heterocycles. The van der Waals surface area contributed by atoms with E-state index in [0.29, 0.717) is 0 Å². The normalized spacial score (nSPS) is 15.2. The van der Waals surface area contributed by atoms with Crippen molar-refractivity contribution in [2.24, 2.45) is 5.92 Å². The molecule has 3 aromatic rings. The first kappa shape index (κ1) is 17.2. The van der Waals surface area contributed by atoms with Crippen molar-refractivity contribution in [3.8, 4) is 10.4 Å². The molecule has 4 rings (SSSR count). The number of carbonyl (C=O) groups excluding carboxylic acids is 1. The molecule has 1 fully saturated rings. The van der Waals surface area contributed by atoms with Gasteiger partial charge in [0, 0.05) is 41.8 Å². The molecule has 0 radical (unpaired) electrons. The zero-order chi connectivity index (χ0) is 17.9. The lowest BCUT2D eigenvalue weighted by molar-refractivity contribution is 0.0900. The average Bonchev–Trinajstić information content (AvgIpc) is 3.15. The molecule has 0 bridgehead atoms. The zero-order valence-electron chi connectivity index (χ0n) is 14.1. The Hall–Kier alpha value is -2.24. The summed E-state index contributed by atoms with van der Waals surface area (Å²) in [6.07, 6.45) is 5.17. The highest BCUT2D eigenvalue weighted by Crippen LogP contribution is 2.31. The van der Waals surface area contributed by atoms with E-state index in [1.807, 2.05) is 42.5 Å². The van der Waals surface area contributed by atoms with Crippen molar-refractivity contribution in [2.75, 3.05) is 18.0 Å². The number of ketones is 1. The minimum Gasteiger partial charge on any atom is -0.341 e. The molecule has 0 N–H and O–H groups in total. The van der Waals surface area contributed by atoms with Crippen molar-refractivity contribution in [3.05, 3.63) is 64.8 Å². The third-order valence-electron chi connectivity index (χ3n) is 4.73. The number of carbonyl (C=O) groups is 1. The number of aromatic nitrogens is 2. The van der Waals surface area contributed by atoms with E-state index in [1.54, 1.807) is 23.7 Å². The summed E-state index contributed by atoms with van der Waals surface area (Å²) in [5, 5.41) is 0. The van der Waals surface area contributed by atoms with Crippen molar-refractivity contribution in [1.82, 2.24) is 9.97 Å². The lowest BCUT2D eigenvalue weighted by atomic mass is 9.88. The molecule has 1 saturated heterocycles. The Bertz CT molecular complexity index is 887. The molecule has 2 aromatic heterocycles. The van der Waals surface area contributed by atoms with Crippen LogP contribution in [-0.2, 0) is 0 Å². The van der Waals surface area contributed by atoms with Crippen LogP contribution < -0.4 is 4.90 Å². The second kappa shape index (κ2) is 7.56. The third-order valence-corrected chi connectivity index (χ3v) is 6.01. The Morgan fingerprint density at radius 2 is 1.73 bits per heavy atom. The van der Waals surface area contributed by atoms with Gasteiger partial charge >= 0.3 is 0 Å². The van der Waals surface area contributed by atoms with Crippen molar-refractivity contribution in [3.63, 3.8) is 0 Å². The number of benzene rings is 1. The lowest BCUT2D eigenvalue weighted by Gasteiger charge is -2.31. The van der Waals surface area contributed by atoms with Gasteiger partial charge in [-0.25, -0.2) is 9.97 Å². The molecule has 1 aliphatic heterocycles. The Morgan fingerprint density at radius 3 is 2.35 bits per heavy atom. The topological polar surface area (TPSA) is 46.1 Å². The minimum absolute atomic E-state index is 0.0667. The van der Waals surface area contributed by atoms with Crippen LogP contribution in [0, 0.1) is 5.92 Å². The fourth-order valence-corrected chi connectivity index (χ4v) is 4.35. The Balaban J connectivity index is 1.40. The van der Waals surface area contributed by atoms with Crippen LogP contribution in [-0.4, -0.2) is 28.8 Å². The van der Waals surface area contributed by atoms with Crippen LogP contribution in [0.15, 0.2) is 54.9 Å². The number of rotatable bonds is 4. The predicted octanol–water partition coefficient (Wildman–Crippen LogP) is 4.96. The average molecular weight is 384 g/mol. The van der Waals surface area contributed by atoms with Gasteiger partial charge in [-0.2, -0.15) is 0 Å². The minimum atomic E-state index is 0.0667. The molecule has 1 aliphatic rings. The van der Waals surface area contributed by atoms with Gasteiger partial charge < -0.3 is 4.90 Å². The molecule has 0 spiro atoms. The molecular formula is C20H18ClN3OS. The van der Waals surface area contributed by atoms with Gasteiger partial charge in [0.25, 0.3) is 0 Å². The summed E-state index contributed by atoms with van der Waals surface area (Å²) in [6, 6.07) is 13.6. The number of nitrogens with zero attached hydrogens (tertiary/aromatic N) is 3. The fraction of sp³-hybridized carbons (Fsp3) is 0.250. The monoisotopic (exact) mass is 383 g/mol. The quantitative estimate of drug-likeness (QED) is 0.597. The largest absolute Gasteiger partial charge is 0.341 e. The molecular weight excluding hydrogens is 366 g/mol. The first-order valence-corrected chi connectivity index (χ1v) is 9.82. The van der Waals surface area contributed by atoms with E-state index in [1.165, 1.54) is 0 Å². The highest BCUT2D eigenvalue weighted by Gasteiger charge is 2.26. The van der Waals surface area contributed by atoms with Gasteiger partial charge in [0.05, 0.1) is 4.34 Å². The van der Waals surface area contributed by atoms with E-state index in [4.69, 9.17) is 11.6 Å².